The Morgan fingerprint density at radius 2 is 1.69 bits per heavy atom. The Balaban J connectivity index is 2.16. The summed E-state index contributed by atoms with van der Waals surface area (Å²) in [4.78, 5) is 24.6. The number of nitrogens with one attached hydrogen (secondary N) is 1. The molecule has 1 atom stereocenters. The second-order valence-corrected chi connectivity index (χ2v) is 8.74. The summed E-state index contributed by atoms with van der Waals surface area (Å²) in [7, 11) is -3.71. The molecule has 2 aromatic rings. The lowest BCUT2D eigenvalue weighted by atomic mass is 10.1. The number of carbonyl (C=O) groups is 1. The number of nitrogens with zero attached hydrogens (tertiary/aromatic N) is 2. The molecule has 1 amide bonds. The average molecular weight is 420 g/mol. The van der Waals surface area contributed by atoms with Gasteiger partial charge in [-0.05, 0) is 30.5 Å². The molecule has 2 rings (SSSR count). The molecule has 0 saturated carbocycles. The molecular formula is C21H29N3O4S. The maximum Gasteiger partial charge on any atom is 0.251 e. The van der Waals surface area contributed by atoms with Gasteiger partial charge in [0.2, 0.25) is 15.9 Å². The highest BCUT2D eigenvalue weighted by molar-refractivity contribution is 7.89. The lowest BCUT2D eigenvalue weighted by Gasteiger charge is -2.19. The van der Waals surface area contributed by atoms with Gasteiger partial charge in [-0.15, -0.1) is 0 Å². The summed E-state index contributed by atoms with van der Waals surface area (Å²) in [6, 6.07) is 10.2. The number of aryl methyl sites for hydroxylation is 1. The maximum atomic E-state index is 12.7. The summed E-state index contributed by atoms with van der Waals surface area (Å²) < 4.78 is 27.8. The molecule has 0 saturated heterocycles. The number of carbonyl (C=O) groups excluding carboxylic acids is 1. The molecule has 1 heterocycles. The number of sulfonamides is 1. The van der Waals surface area contributed by atoms with Crippen LogP contribution in [0.25, 0.3) is 0 Å². The number of rotatable bonds is 9. The van der Waals surface area contributed by atoms with Gasteiger partial charge in [-0.25, -0.2) is 8.42 Å². The maximum absolute atomic E-state index is 12.7. The third kappa shape index (κ3) is 5.55. The predicted molar refractivity (Wildman–Crippen MR) is 113 cm³/mol. The minimum absolute atomic E-state index is 0.00296. The van der Waals surface area contributed by atoms with Crippen molar-refractivity contribution in [3.05, 3.63) is 64.1 Å². The molecule has 158 valence electrons. The van der Waals surface area contributed by atoms with Crippen LogP contribution in [0.15, 0.2) is 52.3 Å². The minimum atomic E-state index is -3.71. The summed E-state index contributed by atoms with van der Waals surface area (Å²) in [5, 5.41) is 2.85. The van der Waals surface area contributed by atoms with Crippen LogP contribution in [0.3, 0.4) is 0 Å². The molecule has 29 heavy (non-hydrogen) atoms. The highest BCUT2D eigenvalue weighted by Gasteiger charge is 2.22. The van der Waals surface area contributed by atoms with Gasteiger partial charge < -0.3 is 9.88 Å². The van der Waals surface area contributed by atoms with Crippen LogP contribution >= 0.6 is 0 Å². The summed E-state index contributed by atoms with van der Waals surface area (Å²) in [5.41, 5.74) is 1.74. The zero-order chi connectivity index (χ0) is 21.6. The lowest BCUT2D eigenvalue weighted by molar-refractivity contribution is -0.122. The van der Waals surface area contributed by atoms with E-state index in [1.54, 1.807) is 13.8 Å². The van der Waals surface area contributed by atoms with Gasteiger partial charge in [0.05, 0.1) is 10.9 Å². The molecule has 1 aromatic heterocycles. The molecule has 0 radical (unpaired) electrons. The average Bonchev–Trinajstić information content (AvgIpc) is 2.70. The van der Waals surface area contributed by atoms with E-state index in [-0.39, 0.29) is 23.4 Å². The lowest BCUT2D eigenvalue weighted by Crippen LogP contribution is -2.35. The number of hydrogen-bond donors (Lipinski definition) is 1. The predicted octanol–water partition coefficient (Wildman–Crippen LogP) is 2.32. The van der Waals surface area contributed by atoms with Crippen LogP contribution in [0, 0.1) is 0 Å². The van der Waals surface area contributed by atoms with Gasteiger partial charge in [-0.1, -0.05) is 45.0 Å². The van der Waals surface area contributed by atoms with Crippen LogP contribution in [0.4, 0.5) is 0 Å². The van der Waals surface area contributed by atoms with Crippen molar-refractivity contribution >= 4 is 15.9 Å². The molecule has 0 spiro atoms. The second kappa shape index (κ2) is 9.84. The van der Waals surface area contributed by atoms with Gasteiger partial charge >= 0.3 is 0 Å². The number of hydrogen-bond acceptors (Lipinski definition) is 4. The largest absolute Gasteiger partial charge is 0.348 e. The van der Waals surface area contributed by atoms with Crippen molar-refractivity contribution in [1.82, 2.24) is 14.2 Å². The third-order valence-electron chi connectivity index (χ3n) is 4.88. The standard InChI is InChI=1S/C21H29N3O4S/c1-5-17-8-10-18(11-9-17)16(4)22-20(25)15-23-14-19(12-13-21(23)26)29(27,28)24(6-2)7-3/h8-14,16H,5-7,15H2,1-4H3,(H,22,25)/t16-/m1/s1. The summed E-state index contributed by atoms with van der Waals surface area (Å²) in [6.07, 6.45) is 2.17. The van der Waals surface area contributed by atoms with Crippen molar-refractivity contribution in [2.24, 2.45) is 0 Å². The van der Waals surface area contributed by atoms with Crippen LogP contribution in [-0.4, -0.2) is 36.3 Å². The molecule has 0 unspecified atom stereocenters. The molecule has 0 bridgehead atoms. The molecule has 0 aliphatic rings. The van der Waals surface area contributed by atoms with Gasteiger partial charge in [0.1, 0.15) is 6.54 Å². The van der Waals surface area contributed by atoms with E-state index in [0.29, 0.717) is 13.1 Å². The fourth-order valence-electron chi connectivity index (χ4n) is 3.07. The number of benzene rings is 1. The van der Waals surface area contributed by atoms with E-state index in [2.05, 4.69) is 12.2 Å². The Morgan fingerprint density at radius 3 is 2.24 bits per heavy atom. The molecule has 0 aliphatic carbocycles. The third-order valence-corrected chi connectivity index (χ3v) is 6.91. The van der Waals surface area contributed by atoms with Crippen molar-refractivity contribution in [1.29, 1.82) is 0 Å². The molecule has 1 aromatic carbocycles. The van der Waals surface area contributed by atoms with Crippen molar-refractivity contribution in [3.63, 3.8) is 0 Å². The molecule has 0 aliphatic heterocycles. The van der Waals surface area contributed by atoms with Crippen LogP contribution < -0.4 is 10.9 Å². The van der Waals surface area contributed by atoms with Crippen LogP contribution in [0.2, 0.25) is 0 Å². The molecule has 7 nitrogen and oxygen atoms in total. The molecule has 1 N–H and O–H groups in total. The quantitative estimate of drug-likeness (QED) is 0.676. The van der Waals surface area contributed by atoms with Crippen molar-refractivity contribution < 1.29 is 13.2 Å². The monoisotopic (exact) mass is 419 g/mol. The van der Waals surface area contributed by atoms with Crippen molar-refractivity contribution in [3.8, 4) is 0 Å². The summed E-state index contributed by atoms with van der Waals surface area (Å²) in [5.74, 6) is -0.364. The smallest absolute Gasteiger partial charge is 0.251 e. The molecular weight excluding hydrogens is 390 g/mol. The Hall–Kier alpha value is -2.45. The number of aromatic nitrogens is 1. The van der Waals surface area contributed by atoms with Crippen molar-refractivity contribution in [2.75, 3.05) is 13.1 Å². The normalized spacial score (nSPS) is 12.7. The first-order valence-electron chi connectivity index (χ1n) is 9.81. The van der Waals surface area contributed by atoms with E-state index < -0.39 is 15.6 Å². The minimum Gasteiger partial charge on any atom is -0.348 e. The van der Waals surface area contributed by atoms with Crippen LogP contribution in [0.5, 0.6) is 0 Å². The Morgan fingerprint density at radius 1 is 1.07 bits per heavy atom. The highest BCUT2D eigenvalue weighted by atomic mass is 32.2. The van der Waals surface area contributed by atoms with E-state index in [4.69, 9.17) is 0 Å². The van der Waals surface area contributed by atoms with Crippen LogP contribution in [-0.2, 0) is 27.8 Å². The second-order valence-electron chi connectivity index (χ2n) is 6.80. The highest BCUT2D eigenvalue weighted by Crippen LogP contribution is 2.15. The van der Waals surface area contributed by atoms with Gasteiger partial charge in [0, 0.05) is 25.4 Å². The van der Waals surface area contributed by atoms with Gasteiger partial charge in [-0.2, -0.15) is 4.31 Å². The van der Waals surface area contributed by atoms with E-state index >= 15 is 0 Å². The fourth-order valence-corrected chi connectivity index (χ4v) is 4.54. The van der Waals surface area contributed by atoms with E-state index in [9.17, 15) is 18.0 Å². The Bertz CT molecular complexity index is 993. The SMILES string of the molecule is CCc1ccc([C@@H](C)NC(=O)Cn2cc(S(=O)(=O)N(CC)CC)ccc2=O)cc1. The van der Waals surface area contributed by atoms with Gasteiger partial charge in [0.25, 0.3) is 5.56 Å². The Labute approximate surface area is 172 Å². The van der Waals surface area contributed by atoms with Crippen LogP contribution in [0.1, 0.15) is 44.9 Å². The van der Waals surface area contributed by atoms with E-state index in [0.717, 1.165) is 16.6 Å². The number of amides is 1. The topological polar surface area (TPSA) is 88.5 Å². The van der Waals surface area contributed by atoms with Gasteiger partial charge in [0.15, 0.2) is 0 Å². The first-order valence-corrected chi connectivity index (χ1v) is 11.3. The summed E-state index contributed by atoms with van der Waals surface area (Å²) >= 11 is 0. The van der Waals surface area contributed by atoms with E-state index in [1.807, 2.05) is 31.2 Å². The number of pyridine rings is 1. The summed E-state index contributed by atoms with van der Waals surface area (Å²) in [6.45, 7) is 7.84. The van der Waals surface area contributed by atoms with E-state index in [1.165, 1.54) is 28.2 Å². The molecule has 0 fully saturated rings. The molecule has 8 heteroatoms. The van der Waals surface area contributed by atoms with Gasteiger partial charge in [-0.3, -0.25) is 9.59 Å². The van der Waals surface area contributed by atoms with Crippen molar-refractivity contribution in [2.45, 2.75) is 51.6 Å². The Kier molecular flexibility index (Phi) is 7.75. The zero-order valence-corrected chi connectivity index (χ0v) is 18.2. The first-order chi connectivity index (χ1) is 13.7. The first kappa shape index (κ1) is 22.8. The fraction of sp³-hybridized carbons (Fsp3) is 0.429. The zero-order valence-electron chi connectivity index (χ0n) is 17.4.